The van der Waals surface area contributed by atoms with Crippen LogP contribution in [0.15, 0.2) is 57.9 Å². The molecule has 0 amide bonds. The van der Waals surface area contributed by atoms with E-state index in [4.69, 9.17) is 17.1 Å². The third-order valence-electron chi connectivity index (χ3n) is 5.47. The predicted octanol–water partition coefficient (Wildman–Crippen LogP) is 5.54. The Balaban J connectivity index is 2.15. The monoisotopic (exact) mass is 376 g/mol. The lowest BCUT2D eigenvalue weighted by Crippen LogP contribution is -2.23. The second kappa shape index (κ2) is 7.87. The lowest BCUT2D eigenvalue weighted by atomic mass is 9.83. The van der Waals surface area contributed by atoms with E-state index in [1.54, 1.807) is 0 Å². The molecule has 1 aliphatic carbocycles. The summed E-state index contributed by atoms with van der Waals surface area (Å²) >= 11 is 0. The van der Waals surface area contributed by atoms with Gasteiger partial charge in [0.25, 0.3) is 0 Å². The number of allylic oxidation sites excluding steroid dienone is 3. The summed E-state index contributed by atoms with van der Waals surface area (Å²) in [5.74, 6) is 3.39. The van der Waals surface area contributed by atoms with Crippen LogP contribution in [0.25, 0.3) is 0 Å². The summed E-state index contributed by atoms with van der Waals surface area (Å²) in [6.45, 7) is 11.2. The van der Waals surface area contributed by atoms with Crippen molar-refractivity contribution in [1.29, 1.82) is 0 Å². The van der Waals surface area contributed by atoms with Gasteiger partial charge in [-0.3, -0.25) is 4.99 Å². The molecule has 0 saturated heterocycles. The van der Waals surface area contributed by atoms with Gasteiger partial charge in [-0.05, 0) is 61.3 Å². The van der Waals surface area contributed by atoms with E-state index in [1.165, 1.54) is 22.0 Å². The highest BCUT2D eigenvalue weighted by atomic mass is 31.1. The number of fused-ring (bicyclic) bond motifs is 1. The molecule has 0 aromatic heterocycles. The molecule has 1 aromatic carbocycles. The summed E-state index contributed by atoms with van der Waals surface area (Å²) in [5.41, 5.74) is 13.0. The summed E-state index contributed by atoms with van der Waals surface area (Å²) in [5, 5.41) is 1.53. The van der Waals surface area contributed by atoms with Gasteiger partial charge in [-0.15, -0.1) is 12.3 Å². The maximum absolute atomic E-state index is 6.12. The highest BCUT2D eigenvalue weighted by Gasteiger charge is 2.33. The molecule has 2 nitrogen and oxygen atoms in total. The van der Waals surface area contributed by atoms with Crippen molar-refractivity contribution in [2.75, 3.05) is 19.1 Å². The molecule has 1 heterocycles. The molecular weight excluding hydrogens is 347 g/mol. The van der Waals surface area contributed by atoms with E-state index in [-0.39, 0.29) is 19.9 Å². The molecule has 1 aromatic rings. The van der Waals surface area contributed by atoms with Crippen LogP contribution in [-0.4, -0.2) is 25.1 Å². The zero-order chi connectivity index (χ0) is 19.7. The van der Waals surface area contributed by atoms with Gasteiger partial charge in [0.05, 0.1) is 6.04 Å². The Morgan fingerprint density at radius 1 is 1.22 bits per heavy atom. The first-order chi connectivity index (χ1) is 12.8. The molecule has 0 bridgehead atoms. The standard InChI is InChI=1S/C24H29N2P/c1-7-8-18-9-10-21-23(17(18)4)22(27(5)6)13-16(3)24(26-21)19-11-15(2)12-20(25)14-19/h1,9-14,16,21,23H,8,25H2,2-6H3. The summed E-state index contributed by atoms with van der Waals surface area (Å²) in [6, 6.07) is 6.38. The van der Waals surface area contributed by atoms with Gasteiger partial charge < -0.3 is 5.73 Å². The summed E-state index contributed by atoms with van der Waals surface area (Å²) in [4.78, 5) is 5.26. The van der Waals surface area contributed by atoms with Gasteiger partial charge in [0.2, 0.25) is 0 Å². The average molecular weight is 376 g/mol. The lowest BCUT2D eigenvalue weighted by molar-refractivity contribution is 0.635. The van der Waals surface area contributed by atoms with Crippen LogP contribution in [0.5, 0.6) is 0 Å². The van der Waals surface area contributed by atoms with Gasteiger partial charge >= 0.3 is 0 Å². The van der Waals surface area contributed by atoms with E-state index in [2.05, 4.69) is 70.4 Å². The first kappa shape index (κ1) is 19.7. The highest BCUT2D eigenvalue weighted by Crippen LogP contribution is 2.50. The number of anilines is 1. The van der Waals surface area contributed by atoms with Crippen LogP contribution in [0.1, 0.15) is 31.4 Å². The lowest BCUT2D eigenvalue weighted by Gasteiger charge is -2.31. The molecule has 0 radical (unpaired) electrons. The fraction of sp³-hybridized carbons (Fsp3) is 0.375. The number of nitrogen functional groups attached to an aromatic ring is 1. The third-order valence-corrected chi connectivity index (χ3v) is 6.93. The second-order valence-electron chi connectivity index (χ2n) is 7.84. The van der Waals surface area contributed by atoms with Gasteiger partial charge in [0.1, 0.15) is 0 Å². The summed E-state index contributed by atoms with van der Waals surface area (Å²) < 4.78 is 0. The molecule has 0 fully saturated rings. The van der Waals surface area contributed by atoms with Crippen molar-refractivity contribution in [3.63, 3.8) is 0 Å². The molecule has 2 N–H and O–H groups in total. The number of aliphatic imine (C=N–C) groups is 1. The van der Waals surface area contributed by atoms with E-state index in [1.807, 2.05) is 6.07 Å². The molecule has 0 saturated carbocycles. The Labute approximate surface area is 165 Å². The number of terminal acetylenes is 1. The first-order valence-electron chi connectivity index (χ1n) is 9.47. The summed E-state index contributed by atoms with van der Waals surface area (Å²) in [7, 11) is -0.218. The molecular formula is C24H29N2P. The van der Waals surface area contributed by atoms with Crippen molar-refractivity contribution in [1.82, 2.24) is 0 Å². The van der Waals surface area contributed by atoms with Gasteiger partial charge in [-0.2, -0.15) is 0 Å². The van der Waals surface area contributed by atoms with E-state index in [0.717, 1.165) is 17.0 Å². The number of benzene rings is 1. The average Bonchev–Trinajstić information content (AvgIpc) is 2.74. The first-order valence-corrected chi connectivity index (χ1v) is 11.7. The van der Waals surface area contributed by atoms with Crippen molar-refractivity contribution >= 4 is 19.3 Å². The quantitative estimate of drug-likeness (QED) is 0.420. The molecule has 3 rings (SSSR count). The van der Waals surface area contributed by atoms with Crippen LogP contribution < -0.4 is 5.73 Å². The van der Waals surface area contributed by atoms with Crippen LogP contribution in [0.2, 0.25) is 0 Å². The predicted molar refractivity (Wildman–Crippen MR) is 121 cm³/mol. The van der Waals surface area contributed by atoms with E-state index < -0.39 is 0 Å². The molecule has 140 valence electrons. The SMILES string of the molecule is C#CCC1=C(C)C2C(P(C)C)=CC(C)C(c3cc(C)cc(N)c3)=NC2C=C1. The second-order valence-corrected chi connectivity index (χ2v) is 10.1. The largest absolute Gasteiger partial charge is 0.399 e. The van der Waals surface area contributed by atoms with Crippen molar-refractivity contribution in [3.8, 4) is 12.3 Å². The number of aryl methyl sites for hydroxylation is 1. The fourth-order valence-corrected chi connectivity index (χ4v) is 5.60. The van der Waals surface area contributed by atoms with Crippen molar-refractivity contribution in [2.24, 2.45) is 16.8 Å². The van der Waals surface area contributed by atoms with Crippen LogP contribution in [-0.2, 0) is 0 Å². The van der Waals surface area contributed by atoms with Crippen LogP contribution >= 0.6 is 7.92 Å². The Hall–Kier alpha value is -2.10. The highest BCUT2D eigenvalue weighted by molar-refractivity contribution is 7.60. The maximum atomic E-state index is 6.12. The van der Waals surface area contributed by atoms with E-state index >= 15 is 0 Å². The molecule has 0 spiro atoms. The van der Waals surface area contributed by atoms with Gasteiger partial charge in [-0.25, -0.2) is 0 Å². The molecule has 27 heavy (non-hydrogen) atoms. The molecule has 3 atom stereocenters. The Morgan fingerprint density at radius 2 is 1.96 bits per heavy atom. The number of nitrogens with zero attached hydrogens (tertiary/aromatic N) is 1. The van der Waals surface area contributed by atoms with Gasteiger partial charge in [-0.1, -0.05) is 44.7 Å². The number of nitrogens with two attached hydrogens (primary N) is 1. The number of rotatable bonds is 3. The number of hydrogen-bond acceptors (Lipinski definition) is 2. The zero-order valence-electron chi connectivity index (χ0n) is 17.0. The Bertz CT molecular complexity index is 889. The van der Waals surface area contributed by atoms with E-state index in [0.29, 0.717) is 12.3 Å². The normalized spacial score (nSPS) is 24.9. The van der Waals surface area contributed by atoms with Crippen LogP contribution in [0, 0.1) is 31.1 Å². The topological polar surface area (TPSA) is 38.4 Å². The Morgan fingerprint density at radius 3 is 2.59 bits per heavy atom. The third kappa shape index (κ3) is 3.95. The summed E-state index contributed by atoms with van der Waals surface area (Å²) in [6.07, 6.45) is 13.2. The molecule has 3 unspecified atom stereocenters. The van der Waals surface area contributed by atoms with E-state index in [9.17, 15) is 0 Å². The van der Waals surface area contributed by atoms with Gasteiger partial charge in [0.15, 0.2) is 0 Å². The maximum Gasteiger partial charge on any atom is 0.0792 e. The molecule has 2 aliphatic rings. The molecule has 3 heteroatoms. The minimum Gasteiger partial charge on any atom is -0.399 e. The van der Waals surface area contributed by atoms with Crippen LogP contribution in [0.4, 0.5) is 5.69 Å². The minimum absolute atomic E-state index is 0.129. The Kier molecular flexibility index (Phi) is 5.73. The van der Waals surface area contributed by atoms with Crippen molar-refractivity contribution in [3.05, 3.63) is 64.0 Å². The number of hydrogen-bond donors (Lipinski definition) is 1. The smallest absolute Gasteiger partial charge is 0.0792 e. The van der Waals surface area contributed by atoms with Gasteiger partial charge in [0, 0.05) is 29.7 Å². The fourth-order valence-electron chi connectivity index (χ4n) is 4.18. The minimum atomic E-state index is -0.218. The van der Waals surface area contributed by atoms with Crippen LogP contribution in [0.3, 0.4) is 0 Å². The van der Waals surface area contributed by atoms with Crippen molar-refractivity contribution in [2.45, 2.75) is 33.2 Å². The van der Waals surface area contributed by atoms with Crippen molar-refractivity contribution < 1.29 is 0 Å². The molecule has 1 aliphatic heterocycles. The zero-order valence-corrected chi connectivity index (χ0v) is 17.8.